The molecule has 0 saturated heterocycles. The number of ether oxygens (including phenoxy) is 1. The monoisotopic (exact) mass is 526 g/mol. The van der Waals surface area contributed by atoms with Crippen LogP contribution in [0.1, 0.15) is 85.0 Å². The Balaban J connectivity index is 1.97. The van der Waals surface area contributed by atoms with Crippen molar-refractivity contribution in [1.29, 1.82) is 0 Å². The molecule has 0 spiro atoms. The smallest absolute Gasteiger partial charge is 0.246 e. The molecule has 1 rings (SSSR count). The summed E-state index contributed by atoms with van der Waals surface area (Å²) in [6.07, 6.45) is 10.1. The maximum absolute atomic E-state index is 12.2. The molecule has 0 aliphatic heterocycles. The van der Waals surface area contributed by atoms with Gasteiger partial charge in [-0.2, -0.15) is 0 Å². The van der Waals surface area contributed by atoms with Gasteiger partial charge in [-0.3, -0.25) is 9.59 Å². The standard InChI is InChI=1S/C28H58N6O3/c1-22(2)24-12-11-23(3)20-26(24)37-21-27(35)33-18-5-4-10-25(30)28(36)34-19-9-17-32-15-7-6-14-31-16-8-13-29/h22-26,31-32H,4-21,29-30H2,1-3H3,(H,33,35)(H,34,36)/t23-,24+,25-,26-/m0/s1. The van der Waals surface area contributed by atoms with Gasteiger partial charge in [-0.25, -0.2) is 0 Å². The van der Waals surface area contributed by atoms with E-state index in [1.807, 2.05) is 0 Å². The minimum atomic E-state index is -0.500. The highest BCUT2D eigenvalue weighted by Gasteiger charge is 2.31. The van der Waals surface area contributed by atoms with E-state index in [1.165, 1.54) is 12.8 Å². The van der Waals surface area contributed by atoms with Gasteiger partial charge in [0.25, 0.3) is 0 Å². The van der Waals surface area contributed by atoms with Crippen molar-refractivity contribution in [1.82, 2.24) is 21.3 Å². The van der Waals surface area contributed by atoms with Gasteiger partial charge in [0, 0.05) is 13.1 Å². The topological polar surface area (TPSA) is 144 Å². The Morgan fingerprint density at radius 1 is 0.865 bits per heavy atom. The predicted molar refractivity (Wildman–Crippen MR) is 152 cm³/mol. The van der Waals surface area contributed by atoms with Crippen LogP contribution in [-0.2, 0) is 14.3 Å². The molecule has 0 radical (unpaired) electrons. The third kappa shape index (κ3) is 17.0. The third-order valence-electron chi connectivity index (χ3n) is 7.34. The summed E-state index contributed by atoms with van der Waals surface area (Å²) in [7, 11) is 0. The molecular formula is C28H58N6O3. The first-order valence-corrected chi connectivity index (χ1v) is 14.9. The molecule has 1 aliphatic rings. The Kier molecular flexibility index (Phi) is 19.8. The van der Waals surface area contributed by atoms with Crippen LogP contribution in [0.25, 0.3) is 0 Å². The molecule has 2 amide bonds. The van der Waals surface area contributed by atoms with Crippen molar-refractivity contribution in [2.24, 2.45) is 29.2 Å². The van der Waals surface area contributed by atoms with E-state index in [9.17, 15) is 9.59 Å². The van der Waals surface area contributed by atoms with Gasteiger partial charge in [0.1, 0.15) is 6.61 Å². The lowest BCUT2D eigenvalue weighted by Crippen LogP contribution is -2.41. The van der Waals surface area contributed by atoms with Gasteiger partial charge in [-0.15, -0.1) is 0 Å². The molecule has 0 aromatic heterocycles. The molecule has 37 heavy (non-hydrogen) atoms. The van der Waals surface area contributed by atoms with Gasteiger partial charge in [0.2, 0.25) is 11.8 Å². The Morgan fingerprint density at radius 2 is 1.49 bits per heavy atom. The number of nitrogens with two attached hydrogens (primary N) is 2. The number of amides is 2. The summed E-state index contributed by atoms with van der Waals surface area (Å²) in [5.41, 5.74) is 11.5. The summed E-state index contributed by atoms with van der Waals surface area (Å²) < 4.78 is 6.02. The summed E-state index contributed by atoms with van der Waals surface area (Å²) in [4.78, 5) is 24.4. The highest BCUT2D eigenvalue weighted by molar-refractivity contribution is 5.81. The first kappa shape index (κ1) is 33.8. The Bertz CT molecular complexity index is 592. The molecule has 0 aromatic rings. The van der Waals surface area contributed by atoms with E-state index in [4.69, 9.17) is 16.2 Å². The lowest BCUT2D eigenvalue weighted by Gasteiger charge is -2.37. The molecule has 0 bridgehead atoms. The predicted octanol–water partition coefficient (Wildman–Crippen LogP) is 1.89. The average Bonchev–Trinajstić information content (AvgIpc) is 2.87. The lowest BCUT2D eigenvalue weighted by molar-refractivity contribution is -0.131. The van der Waals surface area contributed by atoms with Crippen LogP contribution in [0.5, 0.6) is 0 Å². The number of hydrogen-bond acceptors (Lipinski definition) is 7. The second kappa shape index (κ2) is 21.6. The number of nitrogens with one attached hydrogen (secondary N) is 4. The summed E-state index contributed by atoms with van der Waals surface area (Å²) in [6, 6.07) is -0.500. The highest BCUT2D eigenvalue weighted by atomic mass is 16.5. The molecule has 1 saturated carbocycles. The van der Waals surface area contributed by atoms with E-state index in [-0.39, 0.29) is 24.5 Å². The van der Waals surface area contributed by atoms with Crippen LogP contribution in [0.4, 0.5) is 0 Å². The molecule has 0 aromatic carbocycles. The van der Waals surface area contributed by atoms with Crippen LogP contribution in [-0.4, -0.2) is 76.4 Å². The molecular weight excluding hydrogens is 468 g/mol. The first-order valence-electron chi connectivity index (χ1n) is 14.9. The fourth-order valence-electron chi connectivity index (χ4n) is 4.92. The summed E-state index contributed by atoms with van der Waals surface area (Å²) in [5, 5.41) is 12.7. The molecule has 0 unspecified atom stereocenters. The molecule has 9 heteroatoms. The van der Waals surface area contributed by atoms with E-state index in [0.717, 1.165) is 77.7 Å². The number of carbonyl (C=O) groups excluding carboxylic acids is 2. The van der Waals surface area contributed by atoms with Crippen molar-refractivity contribution < 1.29 is 14.3 Å². The SMILES string of the molecule is CC(C)[C@H]1CC[C@H](C)C[C@@H]1OCC(=O)NCCCC[C@H](N)C(=O)NCCCNCCCCNCCCN. The number of unbranched alkanes of at least 4 members (excludes halogenated alkanes) is 2. The summed E-state index contributed by atoms with van der Waals surface area (Å²) >= 11 is 0. The van der Waals surface area contributed by atoms with Gasteiger partial charge < -0.3 is 37.5 Å². The average molecular weight is 527 g/mol. The largest absolute Gasteiger partial charge is 0.368 e. The number of rotatable bonds is 22. The van der Waals surface area contributed by atoms with Gasteiger partial charge in [-0.05, 0) is 108 Å². The maximum Gasteiger partial charge on any atom is 0.246 e. The second-order valence-electron chi connectivity index (χ2n) is 11.1. The number of carbonyl (C=O) groups is 2. The molecule has 8 N–H and O–H groups in total. The second-order valence-corrected chi connectivity index (χ2v) is 11.1. The third-order valence-corrected chi connectivity index (χ3v) is 7.34. The quantitative estimate of drug-likeness (QED) is 0.118. The highest BCUT2D eigenvalue weighted by Crippen LogP contribution is 2.35. The maximum atomic E-state index is 12.2. The van der Waals surface area contributed by atoms with Gasteiger partial charge in [0.15, 0.2) is 0 Å². The van der Waals surface area contributed by atoms with E-state index < -0.39 is 6.04 Å². The van der Waals surface area contributed by atoms with Crippen molar-refractivity contribution in [3.8, 4) is 0 Å². The van der Waals surface area contributed by atoms with E-state index in [0.29, 0.717) is 37.3 Å². The van der Waals surface area contributed by atoms with Crippen LogP contribution >= 0.6 is 0 Å². The van der Waals surface area contributed by atoms with Crippen molar-refractivity contribution in [3.63, 3.8) is 0 Å². The minimum Gasteiger partial charge on any atom is -0.368 e. The normalized spacial score (nSPS) is 20.6. The van der Waals surface area contributed by atoms with Crippen LogP contribution in [0.15, 0.2) is 0 Å². The van der Waals surface area contributed by atoms with Crippen molar-refractivity contribution >= 4 is 11.8 Å². The first-order chi connectivity index (χ1) is 17.8. The van der Waals surface area contributed by atoms with E-state index in [1.54, 1.807) is 0 Å². The van der Waals surface area contributed by atoms with E-state index >= 15 is 0 Å². The van der Waals surface area contributed by atoms with E-state index in [2.05, 4.69) is 42.0 Å². The fraction of sp³-hybridized carbons (Fsp3) is 0.929. The van der Waals surface area contributed by atoms with Crippen LogP contribution < -0.4 is 32.7 Å². The Labute approximate surface area is 226 Å². The molecule has 9 nitrogen and oxygen atoms in total. The Hall–Kier alpha value is -1.26. The minimum absolute atomic E-state index is 0.0597. The molecule has 1 aliphatic carbocycles. The zero-order chi connectivity index (χ0) is 27.3. The van der Waals surface area contributed by atoms with Crippen LogP contribution in [0.2, 0.25) is 0 Å². The molecule has 4 atom stereocenters. The fourth-order valence-corrected chi connectivity index (χ4v) is 4.92. The van der Waals surface area contributed by atoms with Crippen molar-refractivity contribution in [3.05, 3.63) is 0 Å². The Morgan fingerprint density at radius 3 is 2.16 bits per heavy atom. The summed E-state index contributed by atoms with van der Waals surface area (Å²) in [5.74, 6) is 1.62. The van der Waals surface area contributed by atoms with Crippen LogP contribution in [0.3, 0.4) is 0 Å². The zero-order valence-corrected chi connectivity index (χ0v) is 24.0. The number of hydrogen-bond donors (Lipinski definition) is 6. The lowest BCUT2D eigenvalue weighted by atomic mass is 9.75. The zero-order valence-electron chi connectivity index (χ0n) is 24.0. The molecule has 1 fully saturated rings. The summed E-state index contributed by atoms with van der Waals surface area (Å²) in [6.45, 7) is 12.8. The van der Waals surface area contributed by atoms with Crippen molar-refractivity contribution in [2.45, 2.75) is 97.1 Å². The van der Waals surface area contributed by atoms with Gasteiger partial charge >= 0.3 is 0 Å². The molecule has 0 heterocycles. The van der Waals surface area contributed by atoms with Crippen molar-refractivity contribution in [2.75, 3.05) is 52.4 Å². The van der Waals surface area contributed by atoms with Gasteiger partial charge in [-0.1, -0.05) is 27.2 Å². The van der Waals surface area contributed by atoms with Crippen LogP contribution in [0, 0.1) is 17.8 Å². The molecule has 218 valence electrons. The van der Waals surface area contributed by atoms with Gasteiger partial charge in [0.05, 0.1) is 12.1 Å².